The van der Waals surface area contributed by atoms with Crippen molar-refractivity contribution in [3.8, 4) is 5.75 Å². The maximum Gasteiger partial charge on any atom is 0.256 e. The minimum absolute atomic E-state index is 0.172. The summed E-state index contributed by atoms with van der Waals surface area (Å²) >= 11 is 0. The fourth-order valence-electron chi connectivity index (χ4n) is 3.27. The van der Waals surface area contributed by atoms with Gasteiger partial charge in [-0.3, -0.25) is 4.79 Å². The number of aromatic nitrogens is 1. The highest BCUT2D eigenvalue weighted by Gasteiger charge is 2.24. The third-order valence-corrected chi connectivity index (χ3v) is 5.13. The molecule has 1 amide bonds. The molecule has 0 saturated carbocycles. The van der Waals surface area contributed by atoms with E-state index in [1.165, 1.54) is 0 Å². The summed E-state index contributed by atoms with van der Waals surface area (Å²) in [4.78, 5) is 21.5. The second-order valence-corrected chi connectivity index (χ2v) is 7.43. The molecule has 1 aromatic heterocycles. The number of carbonyl (C=O) groups is 1. The van der Waals surface area contributed by atoms with Gasteiger partial charge in [-0.1, -0.05) is 13.3 Å². The van der Waals surface area contributed by atoms with Crippen molar-refractivity contribution >= 4 is 17.4 Å². The molecule has 1 aromatic carbocycles. The van der Waals surface area contributed by atoms with Gasteiger partial charge in [0.2, 0.25) is 0 Å². The van der Waals surface area contributed by atoms with E-state index in [0.717, 1.165) is 43.8 Å². The molecule has 2 aromatic rings. The quantitative estimate of drug-likeness (QED) is 0.706. The molecule has 0 bridgehead atoms. The highest BCUT2D eigenvalue weighted by atomic mass is 16.5. The van der Waals surface area contributed by atoms with Gasteiger partial charge < -0.3 is 19.9 Å². The summed E-state index contributed by atoms with van der Waals surface area (Å²) in [6, 6.07) is 11.7. The zero-order valence-corrected chi connectivity index (χ0v) is 17.0. The van der Waals surface area contributed by atoms with Gasteiger partial charge in [-0.25, -0.2) is 4.98 Å². The Hall–Kier alpha value is -2.60. The smallest absolute Gasteiger partial charge is 0.256 e. The molecule has 6 heteroatoms. The van der Waals surface area contributed by atoms with Crippen LogP contribution in [0.4, 0.5) is 11.5 Å². The number of hydrogen-bond acceptors (Lipinski definition) is 5. The Labute approximate surface area is 167 Å². The van der Waals surface area contributed by atoms with Crippen LogP contribution in [0.3, 0.4) is 0 Å². The van der Waals surface area contributed by atoms with Crippen molar-refractivity contribution in [2.45, 2.75) is 32.2 Å². The van der Waals surface area contributed by atoms with Crippen LogP contribution in [0.5, 0.6) is 5.75 Å². The van der Waals surface area contributed by atoms with Gasteiger partial charge in [0.05, 0.1) is 18.5 Å². The second kappa shape index (κ2) is 9.55. The second-order valence-electron chi connectivity index (χ2n) is 7.43. The lowest BCUT2D eigenvalue weighted by molar-refractivity contribution is 0.102. The fraction of sp³-hybridized carbons (Fsp3) is 0.455. The van der Waals surface area contributed by atoms with Crippen molar-refractivity contribution in [2.75, 3.05) is 44.0 Å². The summed E-state index contributed by atoms with van der Waals surface area (Å²) in [5.74, 6) is 1.17. The molecule has 0 aliphatic carbocycles. The number of hydrogen-bond donors (Lipinski definition) is 1. The van der Waals surface area contributed by atoms with Gasteiger partial charge in [0, 0.05) is 24.7 Å². The first-order valence-electron chi connectivity index (χ1n) is 9.98. The summed E-state index contributed by atoms with van der Waals surface area (Å²) < 4.78 is 5.63. The predicted octanol–water partition coefficient (Wildman–Crippen LogP) is 3.65. The van der Waals surface area contributed by atoms with Gasteiger partial charge >= 0.3 is 0 Å². The van der Waals surface area contributed by atoms with E-state index >= 15 is 0 Å². The molecule has 1 saturated heterocycles. The monoisotopic (exact) mass is 382 g/mol. The van der Waals surface area contributed by atoms with Gasteiger partial charge in [-0.2, -0.15) is 0 Å². The number of unbranched alkanes of at least 4 members (excludes halogenated alkanes) is 1. The Morgan fingerprint density at radius 1 is 1.25 bits per heavy atom. The lowest BCUT2D eigenvalue weighted by Crippen LogP contribution is -2.31. The van der Waals surface area contributed by atoms with E-state index in [0.29, 0.717) is 24.0 Å². The molecule has 1 unspecified atom stereocenters. The number of anilines is 2. The number of nitrogens with one attached hydrogen (secondary N) is 1. The van der Waals surface area contributed by atoms with Crippen LogP contribution in [-0.2, 0) is 0 Å². The molecule has 28 heavy (non-hydrogen) atoms. The predicted molar refractivity (Wildman–Crippen MR) is 113 cm³/mol. The van der Waals surface area contributed by atoms with Crippen molar-refractivity contribution in [1.82, 2.24) is 9.88 Å². The molecule has 2 heterocycles. The Kier molecular flexibility index (Phi) is 6.87. The zero-order valence-electron chi connectivity index (χ0n) is 17.0. The Morgan fingerprint density at radius 3 is 2.64 bits per heavy atom. The minimum Gasteiger partial charge on any atom is -0.494 e. The number of benzene rings is 1. The van der Waals surface area contributed by atoms with Crippen molar-refractivity contribution in [3.05, 3.63) is 48.2 Å². The van der Waals surface area contributed by atoms with Crippen LogP contribution >= 0.6 is 0 Å². The first kappa shape index (κ1) is 20.1. The zero-order chi connectivity index (χ0) is 19.9. The largest absolute Gasteiger partial charge is 0.494 e. The molecule has 6 nitrogen and oxygen atoms in total. The maximum atomic E-state index is 12.4. The summed E-state index contributed by atoms with van der Waals surface area (Å²) in [5, 5.41) is 2.86. The lowest BCUT2D eigenvalue weighted by Gasteiger charge is -2.21. The van der Waals surface area contributed by atoms with Crippen molar-refractivity contribution < 1.29 is 9.53 Å². The van der Waals surface area contributed by atoms with Crippen LogP contribution < -0.4 is 15.0 Å². The Balaban J connectivity index is 1.54. The van der Waals surface area contributed by atoms with E-state index in [-0.39, 0.29) is 5.91 Å². The highest BCUT2D eigenvalue weighted by Crippen LogP contribution is 2.22. The number of likely N-dealkylation sites (N-methyl/N-ethyl adjacent to an activating group) is 1. The molecular weight excluding hydrogens is 352 g/mol. The maximum absolute atomic E-state index is 12.4. The van der Waals surface area contributed by atoms with Crippen LogP contribution in [0.25, 0.3) is 0 Å². The van der Waals surface area contributed by atoms with Gasteiger partial charge in [0.1, 0.15) is 11.6 Å². The van der Waals surface area contributed by atoms with Crippen LogP contribution in [0.1, 0.15) is 36.5 Å². The summed E-state index contributed by atoms with van der Waals surface area (Å²) in [5.41, 5.74) is 1.68. The molecule has 1 aliphatic rings. The van der Waals surface area contributed by atoms with E-state index in [9.17, 15) is 4.79 Å². The molecule has 1 fully saturated rings. The number of nitrogens with zero attached hydrogens (tertiary/aromatic N) is 3. The molecule has 150 valence electrons. The van der Waals surface area contributed by atoms with Crippen molar-refractivity contribution in [1.29, 1.82) is 0 Å². The minimum atomic E-state index is -0.172. The SMILES string of the molecule is CCCCOc1ccc(C(=O)Nc2ccc(N3CCC(N(C)C)C3)cn2)cc1. The van der Waals surface area contributed by atoms with Gasteiger partial charge in [-0.15, -0.1) is 0 Å². The Bertz CT molecular complexity index is 759. The Morgan fingerprint density at radius 2 is 2.04 bits per heavy atom. The standard InChI is InChI=1S/C22H30N4O2/c1-4-5-14-28-20-9-6-17(7-10-20)22(27)24-21-11-8-18(15-23-21)26-13-12-19(16-26)25(2)3/h6-11,15,19H,4-5,12-14,16H2,1-3H3,(H,23,24,27). The lowest BCUT2D eigenvalue weighted by atomic mass is 10.2. The molecular formula is C22H30N4O2. The van der Waals surface area contributed by atoms with E-state index < -0.39 is 0 Å². The fourth-order valence-corrected chi connectivity index (χ4v) is 3.27. The molecule has 0 radical (unpaired) electrons. The van der Waals surface area contributed by atoms with Crippen LogP contribution in [-0.4, -0.2) is 55.6 Å². The van der Waals surface area contributed by atoms with E-state index in [2.05, 4.69) is 41.1 Å². The molecule has 1 atom stereocenters. The van der Waals surface area contributed by atoms with Gasteiger partial charge in [0.25, 0.3) is 5.91 Å². The van der Waals surface area contributed by atoms with Crippen LogP contribution in [0.2, 0.25) is 0 Å². The summed E-state index contributed by atoms with van der Waals surface area (Å²) in [6.07, 6.45) is 5.11. The summed E-state index contributed by atoms with van der Waals surface area (Å²) in [6.45, 7) is 4.86. The molecule has 1 aliphatic heterocycles. The number of rotatable bonds is 8. The number of carbonyl (C=O) groups excluding carboxylic acids is 1. The van der Waals surface area contributed by atoms with E-state index in [4.69, 9.17) is 4.74 Å². The third-order valence-electron chi connectivity index (χ3n) is 5.13. The molecule has 0 spiro atoms. The van der Waals surface area contributed by atoms with E-state index in [1.54, 1.807) is 12.1 Å². The van der Waals surface area contributed by atoms with Crippen LogP contribution in [0, 0.1) is 0 Å². The number of pyridine rings is 1. The average Bonchev–Trinajstić information content (AvgIpc) is 3.20. The molecule has 3 rings (SSSR count). The molecule has 1 N–H and O–H groups in total. The van der Waals surface area contributed by atoms with Crippen LogP contribution in [0.15, 0.2) is 42.6 Å². The third kappa shape index (κ3) is 5.23. The normalized spacial score (nSPS) is 16.4. The topological polar surface area (TPSA) is 57.7 Å². The highest BCUT2D eigenvalue weighted by molar-refractivity contribution is 6.03. The van der Waals surface area contributed by atoms with Gasteiger partial charge in [-0.05, 0) is 63.3 Å². The van der Waals surface area contributed by atoms with Gasteiger partial charge in [0.15, 0.2) is 0 Å². The van der Waals surface area contributed by atoms with E-state index in [1.807, 2.05) is 30.5 Å². The first-order valence-corrected chi connectivity index (χ1v) is 9.98. The number of ether oxygens (including phenoxy) is 1. The number of amides is 1. The van der Waals surface area contributed by atoms with Crippen molar-refractivity contribution in [3.63, 3.8) is 0 Å². The first-order chi connectivity index (χ1) is 13.6. The average molecular weight is 383 g/mol. The summed E-state index contributed by atoms with van der Waals surface area (Å²) in [7, 11) is 4.24. The van der Waals surface area contributed by atoms with Crippen molar-refractivity contribution in [2.24, 2.45) is 0 Å².